The number of halogens is 1. The lowest BCUT2D eigenvalue weighted by Gasteiger charge is -2.38. The fourth-order valence-corrected chi connectivity index (χ4v) is 6.34. The van der Waals surface area contributed by atoms with Crippen LogP contribution in [0.4, 0.5) is 26.2 Å². The molecule has 9 nitrogen and oxygen atoms in total. The van der Waals surface area contributed by atoms with Crippen LogP contribution in [0.5, 0.6) is 11.5 Å². The van der Waals surface area contributed by atoms with E-state index in [1.807, 2.05) is 30.3 Å². The molecule has 12 heteroatoms. The van der Waals surface area contributed by atoms with Gasteiger partial charge in [0.15, 0.2) is 4.90 Å². The summed E-state index contributed by atoms with van der Waals surface area (Å²) in [7, 11) is -3.34. The first-order valence-corrected chi connectivity index (χ1v) is 17.8. The maximum Gasteiger partial charge on any atom is 0.326 e. The summed E-state index contributed by atoms with van der Waals surface area (Å²) < 4.78 is 56.8. The molecule has 0 saturated carbocycles. The van der Waals surface area contributed by atoms with Crippen LogP contribution in [0.3, 0.4) is 0 Å². The zero-order valence-corrected chi connectivity index (χ0v) is 26.6. The quantitative estimate of drug-likeness (QED) is 0.191. The molecular formula is C33H35FN4O5S2. The van der Waals surface area contributed by atoms with Crippen molar-refractivity contribution < 1.29 is 26.9 Å². The second kappa shape index (κ2) is 14.3. The zero-order valence-electron chi connectivity index (χ0n) is 25.0. The Kier molecular flexibility index (Phi) is 10.3. The molecule has 1 unspecified atom stereocenters. The van der Waals surface area contributed by atoms with Gasteiger partial charge < -0.3 is 14.6 Å². The van der Waals surface area contributed by atoms with Gasteiger partial charge >= 0.3 is 6.03 Å². The van der Waals surface area contributed by atoms with Gasteiger partial charge in [0.25, 0.3) is 0 Å². The van der Waals surface area contributed by atoms with Crippen molar-refractivity contribution in [2.75, 3.05) is 40.5 Å². The first-order valence-electron chi connectivity index (χ1n) is 14.4. The third-order valence-corrected chi connectivity index (χ3v) is 8.91. The molecule has 1 saturated heterocycles. The van der Waals surface area contributed by atoms with E-state index in [-0.39, 0.29) is 17.9 Å². The normalized spacial score (nSPS) is 14.8. The number of hydrogen-bond donors (Lipinski definition) is 2. The average Bonchev–Trinajstić information content (AvgIpc) is 3.01. The molecule has 236 valence electrons. The Morgan fingerprint density at radius 3 is 2.16 bits per heavy atom. The van der Waals surface area contributed by atoms with Crippen LogP contribution >= 0.6 is 0 Å². The summed E-state index contributed by atoms with van der Waals surface area (Å²) in [5.74, 6) is 0.875. The third-order valence-electron chi connectivity index (χ3n) is 7.39. The number of ether oxygens (including phenoxy) is 1. The van der Waals surface area contributed by atoms with Crippen LogP contribution in [0.15, 0.2) is 102 Å². The fourth-order valence-electron chi connectivity index (χ4n) is 5.22. The van der Waals surface area contributed by atoms with Gasteiger partial charge in [0.1, 0.15) is 23.6 Å². The smallest absolute Gasteiger partial charge is 0.326 e. The van der Waals surface area contributed by atoms with Crippen molar-refractivity contribution >= 4 is 44.3 Å². The first-order chi connectivity index (χ1) is 21.5. The Labute approximate surface area is 266 Å². The molecule has 4 aromatic rings. The number of benzene rings is 4. The number of carbonyl (C=O) groups is 1. The highest BCUT2D eigenvalue weighted by molar-refractivity contribution is 7.92. The maximum atomic E-state index is 13.6. The van der Waals surface area contributed by atoms with Gasteiger partial charge in [-0.05, 0) is 102 Å². The minimum Gasteiger partial charge on any atom is -0.612 e. The van der Waals surface area contributed by atoms with Crippen molar-refractivity contribution in [2.45, 2.75) is 30.3 Å². The largest absolute Gasteiger partial charge is 0.612 e. The Morgan fingerprint density at radius 2 is 1.56 bits per heavy atom. The topological polar surface area (TPSA) is 114 Å². The van der Waals surface area contributed by atoms with E-state index in [0.717, 1.165) is 44.3 Å². The van der Waals surface area contributed by atoms with Crippen LogP contribution < -0.4 is 19.7 Å². The van der Waals surface area contributed by atoms with Crippen molar-refractivity contribution in [3.05, 3.63) is 108 Å². The van der Waals surface area contributed by atoms with Gasteiger partial charge in [0.05, 0.1) is 11.9 Å². The number of nitrogens with one attached hydrogen (secondary N) is 2. The predicted molar refractivity (Wildman–Crippen MR) is 176 cm³/mol. The average molecular weight is 651 g/mol. The molecule has 1 atom stereocenters. The molecule has 0 spiro atoms. The summed E-state index contributed by atoms with van der Waals surface area (Å²) >= 11 is -1.20. The van der Waals surface area contributed by atoms with Crippen LogP contribution in [-0.4, -0.2) is 55.5 Å². The molecule has 0 aliphatic carbocycles. The molecular weight excluding hydrogens is 616 g/mol. The maximum absolute atomic E-state index is 13.6. The van der Waals surface area contributed by atoms with Crippen molar-refractivity contribution in [1.82, 2.24) is 4.90 Å². The molecule has 45 heavy (non-hydrogen) atoms. The van der Waals surface area contributed by atoms with Crippen LogP contribution in [-0.2, 0) is 27.7 Å². The first kappa shape index (κ1) is 32.3. The number of likely N-dealkylation sites (tertiary alicyclic amines) is 1. The molecule has 0 aromatic heterocycles. The van der Waals surface area contributed by atoms with Crippen LogP contribution in [0.25, 0.3) is 0 Å². The summed E-state index contributed by atoms with van der Waals surface area (Å²) in [6, 6.07) is 27.0. The highest BCUT2D eigenvalue weighted by atomic mass is 32.2. The molecule has 0 bridgehead atoms. The molecule has 5 rings (SSSR count). The number of rotatable bonds is 10. The second-order valence-electron chi connectivity index (χ2n) is 10.9. The molecule has 1 aliphatic rings. The van der Waals surface area contributed by atoms with Crippen LogP contribution in [0.2, 0.25) is 0 Å². The SMILES string of the molecule is C[S+]([O-])c1cccc(N(C(=O)Nc2ccc(F)cc2)C2CCN(Cc3ccc(Oc4ccc(NS(C)(=O)=O)cc4)cc3)CC2)c1. The minimum absolute atomic E-state index is 0.0861. The van der Waals surface area contributed by atoms with Gasteiger partial charge in [-0.1, -0.05) is 18.2 Å². The van der Waals surface area contributed by atoms with Crippen molar-refractivity contribution in [3.8, 4) is 11.5 Å². The number of hydrogen-bond acceptors (Lipinski definition) is 6. The molecule has 1 heterocycles. The van der Waals surface area contributed by atoms with Crippen molar-refractivity contribution in [3.63, 3.8) is 0 Å². The predicted octanol–water partition coefficient (Wildman–Crippen LogP) is 6.43. The van der Waals surface area contributed by atoms with E-state index in [1.165, 1.54) is 24.3 Å². The Bertz CT molecular complexity index is 1690. The summed E-state index contributed by atoms with van der Waals surface area (Å²) in [5, 5.41) is 2.89. The van der Waals surface area contributed by atoms with Gasteiger partial charge in [-0.2, -0.15) is 0 Å². The van der Waals surface area contributed by atoms with E-state index < -0.39 is 21.2 Å². The number of urea groups is 1. The Balaban J connectivity index is 1.20. The van der Waals surface area contributed by atoms with E-state index >= 15 is 0 Å². The van der Waals surface area contributed by atoms with Gasteiger partial charge in [0, 0.05) is 43.1 Å². The lowest BCUT2D eigenvalue weighted by molar-refractivity contribution is 0.199. The van der Waals surface area contributed by atoms with E-state index in [0.29, 0.717) is 33.5 Å². The third kappa shape index (κ3) is 9.21. The van der Waals surface area contributed by atoms with E-state index in [9.17, 15) is 22.2 Å². The second-order valence-corrected chi connectivity index (χ2v) is 14.0. The monoisotopic (exact) mass is 650 g/mol. The standard InChI is InChI=1S/C33H35FN4O5S2/c1-44(40)32-5-3-4-29(22-32)38(33(39)35-26-10-8-25(34)9-11-26)28-18-20-37(21-19-28)23-24-6-14-30(15-7-24)43-31-16-12-27(13-17-31)36-45(2,41)42/h3-17,22,28,36H,18-21,23H2,1-2H3,(H,35,39). The fraction of sp³-hybridized carbons (Fsp3) is 0.242. The Hall–Kier alpha value is -4.10. The van der Waals surface area contributed by atoms with Gasteiger partial charge in [-0.15, -0.1) is 0 Å². The summed E-state index contributed by atoms with van der Waals surface area (Å²) in [6.45, 7) is 2.29. The molecule has 2 amide bonds. The number of piperidine rings is 1. The summed E-state index contributed by atoms with van der Waals surface area (Å²) in [6.07, 6.45) is 4.19. The number of anilines is 3. The number of nitrogens with zero attached hydrogens (tertiary/aromatic N) is 2. The summed E-state index contributed by atoms with van der Waals surface area (Å²) in [4.78, 5) is 18.3. The van der Waals surface area contributed by atoms with E-state index in [4.69, 9.17) is 4.74 Å². The van der Waals surface area contributed by atoms with Crippen molar-refractivity contribution in [2.24, 2.45) is 0 Å². The lowest BCUT2D eigenvalue weighted by atomic mass is 10.0. The van der Waals surface area contributed by atoms with Gasteiger partial charge in [-0.3, -0.25) is 14.5 Å². The van der Waals surface area contributed by atoms with Gasteiger partial charge in [-0.25, -0.2) is 17.6 Å². The number of sulfonamides is 1. The van der Waals surface area contributed by atoms with Crippen LogP contribution in [0.1, 0.15) is 18.4 Å². The minimum atomic E-state index is -3.34. The molecule has 1 aliphatic heterocycles. The Morgan fingerprint density at radius 1 is 0.956 bits per heavy atom. The highest BCUT2D eigenvalue weighted by Gasteiger charge is 2.30. The summed E-state index contributed by atoms with van der Waals surface area (Å²) in [5.41, 5.74) is 2.74. The van der Waals surface area contributed by atoms with Crippen molar-refractivity contribution in [1.29, 1.82) is 0 Å². The van der Waals surface area contributed by atoms with Gasteiger partial charge in [0.2, 0.25) is 10.0 Å². The molecule has 0 radical (unpaired) electrons. The lowest BCUT2D eigenvalue weighted by Crippen LogP contribution is -2.49. The number of carbonyl (C=O) groups excluding carboxylic acids is 1. The number of amides is 2. The van der Waals surface area contributed by atoms with E-state index in [2.05, 4.69) is 14.9 Å². The molecule has 4 aromatic carbocycles. The molecule has 2 N–H and O–H groups in total. The highest BCUT2D eigenvalue weighted by Crippen LogP contribution is 2.29. The molecule has 1 fully saturated rings. The van der Waals surface area contributed by atoms with Crippen LogP contribution in [0, 0.1) is 5.82 Å². The zero-order chi connectivity index (χ0) is 32.0. The van der Waals surface area contributed by atoms with E-state index in [1.54, 1.807) is 53.6 Å².